The van der Waals surface area contributed by atoms with E-state index >= 15 is 0 Å². The highest BCUT2D eigenvalue weighted by atomic mass is 15.1. The summed E-state index contributed by atoms with van der Waals surface area (Å²) in [5, 5.41) is 11.2. The molecule has 0 aliphatic rings. The molecule has 0 atom stereocenters. The first-order valence-electron chi connectivity index (χ1n) is 4.41. The van der Waals surface area contributed by atoms with Gasteiger partial charge in [0.15, 0.2) is 0 Å². The molecule has 0 aliphatic carbocycles. The monoisotopic (exact) mass is 178 g/mol. The summed E-state index contributed by atoms with van der Waals surface area (Å²) in [6.07, 6.45) is 3.41. The summed E-state index contributed by atoms with van der Waals surface area (Å²) < 4.78 is 0. The summed E-state index contributed by atoms with van der Waals surface area (Å²) in [7, 11) is 0. The molecule has 0 fully saturated rings. The summed E-state index contributed by atoms with van der Waals surface area (Å²) in [5.74, 6) is 0. The molecule has 0 saturated heterocycles. The van der Waals surface area contributed by atoms with Gasteiger partial charge in [-0.2, -0.15) is 10.2 Å². The molecule has 0 radical (unpaired) electrons. The van der Waals surface area contributed by atoms with Crippen LogP contribution in [-0.2, 0) is 0 Å². The Morgan fingerprint density at radius 2 is 2.46 bits per heavy atom. The van der Waals surface area contributed by atoms with Crippen LogP contribution in [0.1, 0.15) is 6.92 Å². The molecular formula is C9H14N4. The largest absolute Gasteiger partial charge is 0.315 e. The molecule has 1 N–H and O–H groups in total. The van der Waals surface area contributed by atoms with Crippen molar-refractivity contribution in [3.8, 4) is 0 Å². The van der Waals surface area contributed by atoms with E-state index in [1.54, 1.807) is 12.4 Å². The molecule has 0 saturated carbocycles. The molecular weight excluding hydrogens is 164 g/mol. The Kier molecular flexibility index (Phi) is 4.71. The zero-order valence-electron chi connectivity index (χ0n) is 7.77. The van der Waals surface area contributed by atoms with E-state index in [1.165, 1.54) is 0 Å². The molecule has 70 valence electrons. The summed E-state index contributed by atoms with van der Waals surface area (Å²) in [6, 6.07) is 3.72. The Morgan fingerprint density at radius 1 is 1.54 bits per heavy atom. The molecule has 0 aliphatic heterocycles. The number of aromatic nitrogens is 1. The van der Waals surface area contributed by atoms with E-state index in [1.807, 2.05) is 12.1 Å². The zero-order chi connectivity index (χ0) is 9.36. The maximum atomic E-state index is 4.00. The Hall–Kier alpha value is -1.29. The minimum absolute atomic E-state index is 0.711. The fraction of sp³-hybridized carbons (Fsp3) is 0.444. The molecule has 13 heavy (non-hydrogen) atoms. The molecule has 0 spiro atoms. The fourth-order valence-electron chi connectivity index (χ4n) is 0.850. The van der Waals surface area contributed by atoms with Gasteiger partial charge in [-0.3, -0.25) is 4.98 Å². The van der Waals surface area contributed by atoms with E-state index in [0.29, 0.717) is 6.54 Å². The average molecular weight is 178 g/mol. The standard InChI is InChI=1S/C9H14N4/c1-2-10-6-7-12-13-9-4-3-5-11-8-9/h3-5,8,10H,2,6-7H2,1H3. The van der Waals surface area contributed by atoms with Crippen LogP contribution in [0.4, 0.5) is 5.69 Å². The minimum atomic E-state index is 0.711. The molecule has 1 aromatic rings. The fourth-order valence-corrected chi connectivity index (χ4v) is 0.850. The summed E-state index contributed by atoms with van der Waals surface area (Å²) in [6.45, 7) is 4.63. The first-order chi connectivity index (χ1) is 6.43. The highest BCUT2D eigenvalue weighted by Gasteiger charge is 1.85. The third-order valence-corrected chi connectivity index (χ3v) is 1.47. The summed E-state index contributed by atoms with van der Waals surface area (Å²) in [4.78, 5) is 3.93. The maximum absolute atomic E-state index is 4.00. The van der Waals surface area contributed by atoms with Crippen LogP contribution in [0.3, 0.4) is 0 Å². The van der Waals surface area contributed by atoms with Gasteiger partial charge in [-0.25, -0.2) is 0 Å². The average Bonchev–Trinajstić information content (AvgIpc) is 2.19. The quantitative estimate of drug-likeness (QED) is 0.552. The van der Waals surface area contributed by atoms with Crippen LogP contribution >= 0.6 is 0 Å². The van der Waals surface area contributed by atoms with Gasteiger partial charge in [0, 0.05) is 12.7 Å². The van der Waals surface area contributed by atoms with Crippen LogP contribution in [0.15, 0.2) is 34.8 Å². The third-order valence-electron chi connectivity index (χ3n) is 1.47. The van der Waals surface area contributed by atoms with Gasteiger partial charge >= 0.3 is 0 Å². The predicted molar refractivity (Wildman–Crippen MR) is 52.2 cm³/mol. The maximum Gasteiger partial charge on any atom is 0.104 e. The van der Waals surface area contributed by atoms with E-state index in [2.05, 4.69) is 27.5 Å². The van der Waals surface area contributed by atoms with Crippen LogP contribution < -0.4 is 5.32 Å². The number of nitrogens with zero attached hydrogens (tertiary/aromatic N) is 3. The lowest BCUT2D eigenvalue weighted by atomic mass is 10.4. The van der Waals surface area contributed by atoms with Crippen molar-refractivity contribution in [2.24, 2.45) is 10.2 Å². The molecule has 1 heterocycles. The van der Waals surface area contributed by atoms with Gasteiger partial charge in [0.2, 0.25) is 0 Å². The van der Waals surface area contributed by atoms with Crippen molar-refractivity contribution in [1.82, 2.24) is 10.3 Å². The third kappa shape index (κ3) is 4.32. The Morgan fingerprint density at radius 3 is 3.15 bits per heavy atom. The van der Waals surface area contributed by atoms with Crippen LogP contribution in [0, 0.1) is 0 Å². The van der Waals surface area contributed by atoms with E-state index in [0.717, 1.165) is 18.8 Å². The number of rotatable bonds is 5. The van der Waals surface area contributed by atoms with Crippen molar-refractivity contribution in [1.29, 1.82) is 0 Å². The lowest BCUT2D eigenvalue weighted by Gasteiger charge is -1.94. The number of nitrogens with one attached hydrogen (secondary N) is 1. The molecule has 0 bridgehead atoms. The van der Waals surface area contributed by atoms with Crippen molar-refractivity contribution < 1.29 is 0 Å². The second-order valence-corrected chi connectivity index (χ2v) is 2.53. The Balaban J connectivity index is 2.25. The number of hydrogen-bond acceptors (Lipinski definition) is 4. The second-order valence-electron chi connectivity index (χ2n) is 2.53. The lowest BCUT2D eigenvalue weighted by Crippen LogP contribution is -2.15. The van der Waals surface area contributed by atoms with Crippen LogP contribution in [-0.4, -0.2) is 24.6 Å². The van der Waals surface area contributed by atoms with Crippen molar-refractivity contribution in [2.45, 2.75) is 6.92 Å². The van der Waals surface area contributed by atoms with Crippen LogP contribution in [0.5, 0.6) is 0 Å². The zero-order valence-corrected chi connectivity index (χ0v) is 7.77. The first kappa shape index (κ1) is 9.80. The van der Waals surface area contributed by atoms with Gasteiger partial charge in [-0.15, -0.1) is 0 Å². The highest BCUT2D eigenvalue weighted by molar-refractivity contribution is 5.30. The summed E-state index contributed by atoms with van der Waals surface area (Å²) >= 11 is 0. The van der Waals surface area contributed by atoms with Crippen molar-refractivity contribution >= 4 is 5.69 Å². The molecule has 0 amide bonds. The van der Waals surface area contributed by atoms with Gasteiger partial charge in [0.05, 0.1) is 12.7 Å². The molecule has 0 aromatic carbocycles. The van der Waals surface area contributed by atoms with Crippen molar-refractivity contribution in [3.63, 3.8) is 0 Å². The highest BCUT2D eigenvalue weighted by Crippen LogP contribution is 2.07. The van der Waals surface area contributed by atoms with Crippen molar-refractivity contribution in [2.75, 3.05) is 19.6 Å². The summed E-state index contributed by atoms with van der Waals surface area (Å²) in [5.41, 5.74) is 0.805. The Bertz CT molecular complexity index is 245. The molecule has 1 rings (SSSR count). The van der Waals surface area contributed by atoms with Crippen LogP contribution in [0.25, 0.3) is 0 Å². The number of pyridine rings is 1. The smallest absolute Gasteiger partial charge is 0.104 e. The SMILES string of the molecule is CCNCCN=Nc1cccnc1. The number of hydrogen-bond donors (Lipinski definition) is 1. The molecule has 1 aromatic heterocycles. The van der Waals surface area contributed by atoms with E-state index in [4.69, 9.17) is 0 Å². The topological polar surface area (TPSA) is 49.6 Å². The number of azo groups is 1. The van der Waals surface area contributed by atoms with E-state index in [-0.39, 0.29) is 0 Å². The number of likely N-dealkylation sites (N-methyl/N-ethyl adjacent to an activating group) is 1. The van der Waals surface area contributed by atoms with E-state index < -0.39 is 0 Å². The Labute approximate surface area is 78.1 Å². The van der Waals surface area contributed by atoms with Gasteiger partial charge < -0.3 is 5.32 Å². The first-order valence-corrected chi connectivity index (χ1v) is 4.41. The van der Waals surface area contributed by atoms with Gasteiger partial charge in [0.25, 0.3) is 0 Å². The lowest BCUT2D eigenvalue weighted by molar-refractivity contribution is 0.713. The predicted octanol–water partition coefficient (Wildman–Crippen LogP) is 1.77. The second kappa shape index (κ2) is 6.25. The molecule has 4 heteroatoms. The molecule has 0 unspecified atom stereocenters. The minimum Gasteiger partial charge on any atom is -0.315 e. The normalized spacial score (nSPS) is 10.8. The van der Waals surface area contributed by atoms with Gasteiger partial charge in [-0.05, 0) is 18.7 Å². The van der Waals surface area contributed by atoms with Crippen LogP contribution in [0.2, 0.25) is 0 Å². The van der Waals surface area contributed by atoms with Crippen molar-refractivity contribution in [3.05, 3.63) is 24.5 Å². The molecule has 4 nitrogen and oxygen atoms in total. The van der Waals surface area contributed by atoms with Gasteiger partial charge in [-0.1, -0.05) is 6.92 Å². The van der Waals surface area contributed by atoms with Gasteiger partial charge in [0.1, 0.15) is 5.69 Å². The van der Waals surface area contributed by atoms with E-state index in [9.17, 15) is 0 Å².